The largest absolute Gasteiger partial charge is 0.389 e. The van der Waals surface area contributed by atoms with Crippen LogP contribution in [0.25, 0.3) is 0 Å². The molecule has 0 saturated heterocycles. The highest BCUT2D eigenvalue weighted by Gasteiger charge is 2.31. The molecule has 15 heavy (non-hydrogen) atoms. The monoisotopic (exact) mass is 215 g/mol. The van der Waals surface area contributed by atoms with E-state index in [1.807, 2.05) is 0 Å². The minimum atomic E-state index is -0.755. The molecule has 0 spiro atoms. The predicted molar refractivity (Wildman–Crippen MR) is 57.5 cm³/mol. The van der Waals surface area contributed by atoms with Crippen molar-refractivity contribution in [1.29, 1.82) is 0 Å². The van der Waals surface area contributed by atoms with Gasteiger partial charge >= 0.3 is 0 Å². The Bertz CT molecular complexity index is 200. The van der Waals surface area contributed by atoms with Gasteiger partial charge in [-0.2, -0.15) is 0 Å². The first-order valence-corrected chi connectivity index (χ1v) is 5.64. The van der Waals surface area contributed by atoms with Gasteiger partial charge < -0.3 is 15.2 Å². The molecule has 1 aliphatic rings. The summed E-state index contributed by atoms with van der Waals surface area (Å²) in [6.45, 7) is 1.04. The third-order valence-corrected chi connectivity index (χ3v) is 2.90. The molecule has 0 aliphatic heterocycles. The molecular formula is C11H21NO3. The van der Waals surface area contributed by atoms with Crippen LogP contribution in [0.3, 0.4) is 0 Å². The number of nitrogens with one attached hydrogen (secondary N) is 1. The summed E-state index contributed by atoms with van der Waals surface area (Å²) in [4.78, 5) is 11.5. The molecule has 0 heterocycles. The second kappa shape index (κ2) is 6.08. The van der Waals surface area contributed by atoms with Crippen molar-refractivity contribution in [3.05, 3.63) is 0 Å². The van der Waals surface area contributed by atoms with Crippen molar-refractivity contribution in [2.45, 2.75) is 44.1 Å². The van der Waals surface area contributed by atoms with E-state index in [1.54, 1.807) is 7.11 Å². The first kappa shape index (κ1) is 12.5. The molecule has 4 heteroatoms. The maximum atomic E-state index is 11.5. The molecule has 0 aromatic carbocycles. The van der Waals surface area contributed by atoms with E-state index in [0.29, 0.717) is 13.2 Å². The highest BCUT2D eigenvalue weighted by molar-refractivity contribution is 5.77. The molecule has 0 aromatic heterocycles. The fourth-order valence-electron chi connectivity index (χ4n) is 2.04. The van der Waals surface area contributed by atoms with E-state index in [0.717, 1.165) is 25.7 Å². The van der Waals surface area contributed by atoms with Crippen LogP contribution in [0.2, 0.25) is 0 Å². The topological polar surface area (TPSA) is 58.6 Å². The summed E-state index contributed by atoms with van der Waals surface area (Å²) in [6.07, 6.45) is 4.98. The molecule has 0 bridgehead atoms. The highest BCUT2D eigenvalue weighted by atomic mass is 16.5. The van der Waals surface area contributed by atoms with Gasteiger partial charge in [0.25, 0.3) is 0 Å². The SMILES string of the molecule is COCCNC(=O)CC1(O)CCCCC1. The molecule has 0 unspecified atom stereocenters. The summed E-state index contributed by atoms with van der Waals surface area (Å²) in [5.41, 5.74) is -0.755. The molecule has 2 N–H and O–H groups in total. The predicted octanol–water partition coefficient (Wildman–Crippen LogP) is 0.834. The van der Waals surface area contributed by atoms with Gasteiger partial charge in [-0.3, -0.25) is 4.79 Å². The van der Waals surface area contributed by atoms with Crippen molar-refractivity contribution in [1.82, 2.24) is 5.32 Å². The smallest absolute Gasteiger partial charge is 0.222 e. The highest BCUT2D eigenvalue weighted by Crippen LogP contribution is 2.30. The Balaban J connectivity index is 2.23. The molecule has 0 atom stereocenters. The summed E-state index contributed by atoms with van der Waals surface area (Å²) in [7, 11) is 1.60. The zero-order valence-electron chi connectivity index (χ0n) is 9.42. The first-order valence-electron chi connectivity index (χ1n) is 5.64. The lowest BCUT2D eigenvalue weighted by atomic mass is 9.82. The minimum Gasteiger partial charge on any atom is -0.389 e. The van der Waals surface area contributed by atoms with E-state index in [-0.39, 0.29) is 12.3 Å². The maximum Gasteiger partial charge on any atom is 0.222 e. The number of amides is 1. The van der Waals surface area contributed by atoms with Crippen LogP contribution in [0, 0.1) is 0 Å². The number of methoxy groups -OCH3 is 1. The van der Waals surface area contributed by atoms with Gasteiger partial charge in [-0.25, -0.2) is 0 Å². The fraction of sp³-hybridized carbons (Fsp3) is 0.909. The van der Waals surface area contributed by atoms with Crippen LogP contribution in [0.5, 0.6) is 0 Å². The van der Waals surface area contributed by atoms with Gasteiger partial charge in [-0.05, 0) is 12.8 Å². The summed E-state index contributed by atoms with van der Waals surface area (Å²) in [5.74, 6) is -0.0727. The van der Waals surface area contributed by atoms with Gasteiger partial charge in [0, 0.05) is 13.7 Å². The number of carbonyl (C=O) groups excluding carboxylic acids is 1. The molecule has 88 valence electrons. The third kappa shape index (κ3) is 4.62. The van der Waals surface area contributed by atoms with Gasteiger partial charge in [-0.1, -0.05) is 19.3 Å². The Hall–Kier alpha value is -0.610. The van der Waals surface area contributed by atoms with Crippen molar-refractivity contribution >= 4 is 5.91 Å². The second-order valence-corrected chi connectivity index (χ2v) is 4.30. The Labute approximate surface area is 91.0 Å². The van der Waals surface area contributed by atoms with Crippen LogP contribution in [0.4, 0.5) is 0 Å². The average molecular weight is 215 g/mol. The molecule has 1 amide bonds. The number of carbonyl (C=O) groups is 1. The lowest BCUT2D eigenvalue weighted by Gasteiger charge is -2.31. The van der Waals surface area contributed by atoms with Crippen LogP contribution in [0.1, 0.15) is 38.5 Å². The van der Waals surface area contributed by atoms with Gasteiger partial charge in [0.1, 0.15) is 0 Å². The van der Waals surface area contributed by atoms with E-state index in [4.69, 9.17) is 4.74 Å². The van der Waals surface area contributed by atoms with Crippen molar-refractivity contribution in [3.8, 4) is 0 Å². The molecule has 1 rings (SSSR count). The maximum absolute atomic E-state index is 11.5. The van der Waals surface area contributed by atoms with Crippen molar-refractivity contribution < 1.29 is 14.6 Å². The van der Waals surface area contributed by atoms with Crippen LogP contribution in [-0.2, 0) is 9.53 Å². The summed E-state index contributed by atoms with van der Waals surface area (Å²) >= 11 is 0. The Morgan fingerprint density at radius 1 is 1.40 bits per heavy atom. The second-order valence-electron chi connectivity index (χ2n) is 4.30. The van der Waals surface area contributed by atoms with Crippen LogP contribution < -0.4 is 5.32 Å². The molecule has 0 aromatic rings. The Kier molecular flexibility index (Phi) is 5.05. The zero-order chi connectivity index (χ0) is 11.1. The van der Waals surface area contributed by atoms with Crippen LogP contribution in [0.15, 0.2) is 0 Å². The van der Waals surface area contributed by atoms with Gasteiger partial charge in [-0.15, -0.1) is 0 Å². The lowest BCUT2D eigenvalue weighted by molar-refractivity contribution is -0.127. The number of ether oxygens (including phenoxy) is 1. The van der Waals surface area contributed by atoms with Gasteiger partial charge in [0.05, 0.1) is 18.6 Å². The number of aliphatic hydroxyl groups is 1. The number of hydrogen-bond acceptors (Lipinski definition) is 3. The van der Waals surface area contributed by atoms with Crippen molar-refractivity contribution in [3.63, 3.8) is 0 Å². The van der Waals surface area contributed by atoms with Gasteiger partial charge in [0.15, 0.2) is 0 Å². The third-order valence-electron chi connectivity index (χ3n) is 2.90. The summed E-state index contributed by atoms with van der Waals surface area (Å²) in [6, 6.07) is 0. The molecular weight excluding hydrogens is 194 g/mol. The standard InChI is InChI=1S/C11H21NO3/c1-15-8-7-12-10(13)9-11(14)5-3-2-4-6-11/h14H,2-9H2,1H3,(H,12,13). The summed E-state index contributed by atoms with van der Waals surface area (Å²) in [5, 5.41) is 12.8. The Morgan fingerprint density at radius 3 is 2.67 bits per heavy atom. The lowest BCUT2D eigenvalue weighted by Crippen LogP contribution is -2.39. The zero-order valence-corrected chi connectivity index (χ0v) is 9.42. The molecule has 1 fully saturated rings. The molecule has 4 nitrogen and oxygen atoms in total. The normalized spacial score (nSPS) is 19.9. The Morgan fingerprint density at radius 2 is 2.07 bits per heavy atom. The van der Waals surface area contributed by atoms with E-state index < -0.39 is 5.60 Å². The fourth-order valence-corrected chi connectivity index (χ4v) is 2.04. The van der Waals surface area contributed by atoms with Crippen LogP contribution >= 0.6 is 0 Å². The average Bonchev–Trinajstić information content (AvgIpc) is 2.18. The van der Waals surface area contributed by atoms with E-state index in [9.17, 15) is 9.90 Å². The molecule has 0 radical (unpaired) electrons. The molecule has 1 aliphatic carbocycles. The minimum absolute atomic E-state index is 0.0727. The quantitative estimate of drug-likeness (QED) is 0.668. The van der Waals surface area contributed by atoms with Gasteiger partial charge in [0.2, 0.25) is 5.91 Å². The molecule has 1 saturated carbocycles. The van der Waals surface area contributed by atoms with E-state index in [2.05, 4.69) is 5.32 Å². The summed E-state index contributed by atoms with van der Waals surface area (Å²) < 4.78 is 4.83. The van der Waals surface area contributed by atoms with Crippen molar-refractivity contribution in [2.75, 3.05) is 20.3 Å². The number of hydrogen-bond donors (Lipinski definition) is 2. The van der Waals surface area contributed by atoms with Crippen LogP contribution in [-0.4, -0.2) is 36.9 Å². The number of rotatable bonds is 5. The van der Waals surface area contributed by atoms with E-state index >= 15 is 0 Å². The van der Waals surface area contributed by atoms with Crippen molar-refractivity contribution in [2.24, 2.45) is 0 Å². The van der Waals surface area contributed by atoms with E-state index in [1.165, 1.54) is 6.42 Å². The first-order chi connectivity index (χ1) is 7.16.